The zero-order valence-electron chi connectivity index (χ0n) is 17.2. The van der Waals surface area contributed by atoms with Crippen LogP contribution in [0.15, 0.2) is 48.5 Å². The molecular weight excluding hydrogens is 407 g/mol. The van der Waals surface area contributed by atoms with E-state index in [9.17, 15) is 18.0 Å². The Hall–Kier alpha value is -3.29. The van der Waals surface area contributed by atoms with Gasteiger partial charge in [0.25, 0.3) is 5.91 Å². The van der Waals surface area contributed by atoms with Crippen molar-refractivity contribution >= 4 is 22.6 Å². The standard InChI is InChI=1S/C23H22F3N3O2/c1-15-14-20(27-21-16(15)7-5-9-19(21)31-2)28-10-12-29(13-11-28)22(30)17-6-3-4-8-18(17)23(24,25)26/h3-9,14H,10-13H2,1-2H3. The number of halogens is 3. The van der Waals surface area contributed by atoms with Gasteiger partial charge in [-0.3, -0.25) is 4.79 Å². The Morgan fingerprint density at radius 1 is 1.03 bits per heavy atom. The van der Waals surface area contributed by atoms with E-state index < -0.39 is 17.6 Å². The lowest BCUT2D eigenvalue weighted by Gasteiger charge is -2.36. The Morgan fingerprint density at radius 2 is 1.74 bits per heavy atom. The quantitative estimate of drug-likeness (QED) is 0.614. The number of ether oxygens (including phenoxy) is 1. The van der Waals surface area contributed by atoms with Crippen LogP contribution in [-0.2, 0) is 6.18 Å². The molecule has 162 valence electrons. The number of piperazine rings is 1. The molecular formula is C23H22F3N3O2. The highest BCUT2D eigenvalue weighted by Crippen LogP contribution is 2.33. The van der Waals surface area contributed by atoms with Crippen LogP contribution in [0.2, 0.25) is 0 Å². The summed E-state index contributed by atoms with van der Waals surface area (Å²) in [6.45, 7) is 3.59. The number of aromatic nitrogens is 1. The number of hydrogen-bond donors (Lipinski definition) is 0. The number of aryl methyl sites for hydroxylation is 1. The molecule has 0 unspecified atom stereocenters. The molecule has 0 bridgehead atoms. The highest BCUT2D eigenvalue weighted by molar-refractivity contribution is 5.96. The fourth-order valence-corrected chi connectivity index (χ4v) is 3.93. The molecule has 8 heteroatoms. The molecule has 5 nitrogen and oxygen atoms in total. The first-order valence-corrected chi connectivity index (χ1v) is 9.94. The molecule has 0 aliphatic carbocycles. The molecule has 31 heavy (non-hydrogen) atoms. The molecule has 2 heterocycles. The van der Waals surface area contributed by atoms with Crippen molar-refractivity contribution in [1.82, 2.24) is 9.88 Å². The van der Waals surface area contributed by atoms with Crippen LogP contribution in [0.25, 0.3) is 10.9 Å². The van der Waals surface area contributed by atoms with Crippen LogP contribution in [-0.4, -0.2) is 49.1 Å². The molecule has 0 spiro atoms. The van der Waals surface area contributed by atoms with Crippen molar-refractivity contribution in [2.75, 3.05) is 38.2 Å². The number of amides is 1. The van der Waals surface area contributed by atoms with E-state index in [1.165, 1.54) is 23.1 Å². The number of alkyl halides is 3. The molecule has 0 N–H and O–H groups in total. The number of carbonyl (C=O) groups excluding carboxylic acids is 1. The Labute approximate surface area is 178 Å². The summed E-state index contributed by atoms with van der Waals surface area (Å²) in [6, 6.07) is 12.7. The number of pyridine rings is 1. The van der Waals surface area contributed by atoms with Crippen LogP contribution in [0.5, 0.6) is 5.75 Å². The largest absolute Gasteiger partial charge is 0.494 e. The van der Waals surface area contributed by atoms with Gasteiger partial charge in [-0.25, -0.2) is 4.98 Å². The third-order valence-corrected chi connectivity index (χ3v) is 5.57. The van der Waals surface area contributed by atoms with E-state index >= 15 is 0 Å². The van der Waals surface area contributed by atoms with Gasteiger partial charge in [0.2, 0.25) is 0 Å². The third-order valence-electron chi connectivity index (χ3n) is 5.57. The van der Waals surface area contributed by atoms with Gasteiger partial charge in [0.1, 0.15) is 17.1 Å². The lowest BCUT2D eigenvalue weighted by atomic mass is 10.1. The maximum Gasteiger partial charge on any atom is 0.417 e. The second-order valence-corrected chi connectivity index (χ2v) is 7.48. The molecule has 0 atom stereocenters. The first-order chi connectivity index (χ1) is 14.8. The number of hydrogen-bond acceptors (Lipinski definition) is 4. The average molecular weight is 429 g/mol. The Morgan fingerprint density at radius 3 is 2.42 bits per heavy atom. The van der Waals surface area contributed by atoms with Crippen LogP contribution in [0.1, 0.15) is 21.5 Å². The molecule has 1 fully saturated rings. The van der Waals surface area contributed by atoms with Crippen molar-refractivity contribution < 1.29 is 22.7 Å². The van der Waals surface area contributed by atoms with Crippen LogP contribution >= 0.6 is 0 Å². The monoisotopic (exact) mass is 429 g/mol. The summed E-state index contributed by atoms with van der Waals surface area (Å²) in [7, 11) is 1.60. The summed E-state index contributed by atoms with van der Waals surface area (Å²) < 4.78 is 45.3. The van der Waals surface area contributed by atoms with E-state index in [-0.39, 0.29) is 5.56 Å². The van der Waals surface area contributed by atoms with Crippen LogP contribution in [0.3, 0.4) is 0 Å². The van der Waals surface area contributed by atoms with Crippen molar-refractivity contribution in [1.29, 1.82) is 0 Å². The molecule has 3 aromatic rings. The van der Waals surface area contributed by atoms with Crippen molar-refractivity contribution in [3.63, 3.8) is 0 Å². The molecule has 2 aromatic carbocycles. The van der Waals surface area contributed by atoms with Gasteiger partial charge >= 0.3 is 6.18 Å². The highest BCUT2D eigenvalue weighted by Gasteiger charge is 2.36. The summed E-state index contributed by atoms with van der Waals surface area (Å²) in [5.41, 5.74) is 0.600. The van der Waals surface area contributed by atoms with Gasteiger partial charge < -0.3 is 14.5 Å². The number of para-hydroxylation sites is 1. The molecule has 0 saturated carbocycles. The summed E-state index contributed by atoms with van der Waals surface area (Å²) >= 11 is 0. The summed E-state index contributed by atoms with van der Waals surface area (Å²) in [5, 5.41) is 1.00. The van der Waals surface area contributed by atoms with E-state index in [1.807, 2.05) is 36.1 Å². The lowest BCUT2D eigenvalue weighted by Crippen LogP contribution is -2.49. The second kappa shape index (κ2) is 8.09. The van der Waals surface area contributed by atoms with Gasteiger partial charge in [-0.05, 0) is 36.8 Å². The second-order valence-electron chi connectivity index (χ2n) is 7.48. The Kier molecular flexibility index (Phi) is 5.47. The minimum Gasteiger partial charge on any atom is -0.494 e. The first-order valence-electron chi connectivity index (χ1n) is 9.94. The van der Waals surface area contributed by atoms with E-state index in [4.69, 9.17) is 9.72 Å². The smallest absolute Gasteiger partial charge is 0.417 e. The topological polar surface area (TPSA) is 45.7 Å². The van der Waals surface area contributed by atoms with E-state index in [1.54, 1.807) is 7.11 Å². The molecule has 1 aliphatic heterocycles. The SMILES string of the molecule is COc1cccc2c(C)cc(N3CCN(C(=O)c4ccccc4C(F)(F)F)CC3)nc12. The number of nitrogens with zero attached hydrogens (tertiary/aromatic N) is 3. The predicted octanol–water partition coefficient (Wildman–Crippen LogP) is 4.53. The fourth-order valence-electron chi connectivity index (χ4n) is 3.93. The number of benzene rings is 2. The van der Waals surface area contributed by atoms with Crippen molar-refractivity contribution in [2.45, 2.75) is 13.1 Å². The third kappa shape index (κ3) is 4.02. The maximum absolute atomic E-state index is 13.3. The summed E-state index contributed by atoms with van der Waals surface area (Å²) in [4.78, 5) is 21.1. The molecule has 4 rings (SSSR count). The molecule has 1 saturated heterocycles. The zero-order valence-corrected chi connectivity index (χ0v) is 17.2. The van der Waals surface area contributed by atoms with E-state index in [2.05, 4.69) is 0 Å². The normalized spacial score (nSPS) is 14.7. The van der Waals surface area contributed by atoms with Gasteiger partial charge in [0.15, 0.2) is 0 Å². The van der Waals surface area contributed by atoms with Gasteiger partial charge in [0.05, 0.1) is 18.2 Å². The van der Waals surface area contributed by atoms with Gasteiger partial charge in [0, 0.05) is 31.6 Å². The minimum absolute atomic E-state index is 0.312. The van der Waals surface area contributed by atoms with Gasteiger partial charge in [-0.15, -0.1) is 0 Å². The molecule has 1 amide bonds. The fraction of sp³-hybridized carbons (Fsp3) is 0.304. The van der Waals surface area contributed by atoms with Crippen LogP contribution < -0.4 is 9.64 Å². The average Bonchev–Trinajstić information content (AvgIpc) is 2.77. The highest BCUT2D eigenvalue weighted by atomic mass is 19.4. The number of anilines is 1. The van der Waals surface area contributed by atoms with Crippen molar-refractivity contribution in [2.24, 2.45) is 0 Å². The summed E-state index contributed by atoms with van der Waals surface area (Å²) in [6.07, 6.45) is -4.57. The summed E-state index contributed by atoms with van der Waals surface area (Å²) in [5.74, 6) is 0.842. The molecule has 1 aromatic heterocycles. The number of fused-ring (bicyclic) bond motifs is 1. The van der Waals surface area contributed by atoms with Gasteiger partial charge in [-0.2, -0.15) is 13.2 Å². The predicted molar refractivity (Wildman–Crippen MR) is 113 cm³/mol. The molecule has 0 radical (unpaired) electrons. The number of carbonyl (C=O) groups is 1. The zero-order chi connectivity index (χ0) is 22.2. The number of rotatable bonds is 3. The first kappa shape index (κ1) is 21.0. The Bertz CT molecular complexity index is 1120. The maximum atomic E-state index is 13.3. The number of methoxy groups -OCH3 is 1. The van der Waals surface area contributed by atoms with E-state index in [0.717, 1.165) is 28.4 Å². The van der Waals surface area contributed by atoms with Crippen molar-refractivity contribution in [3.8, 4) is 5.75 Å². The van der Waals surface area contributed by atoms with Gasteiger partial charge in [-0.1, -0.05) is 24.3 Å². The van der Waals surface area contributed by atoms with Crippen LogP contribution in [0.4, 0.5) is 19.0 Å². The Balaban J connectivity index is 1.54. The van der Waals surface area contributed by atoms with Crippen LogP contribution in [0, 0.1) is 6.92 Å². The van der Waals surface area contributed by atoms with Crippen molar-refractivity contribution in [3.05, 3.63) is 65.2 Å². The molecule has 1 aliphatic rings. The van der Waals surface area contributed by atoms with E-state index in [0.29, 0.717) is 31.9 Å². The minimum atomic E-state index is -4.57. The lowest BCUT2D eigenvalue weighted by molar-refractivity contribution is -0.138.